The Bertz CT molecular complexity index is 984. The van der Waals surface area contributed by atoms with E-state index >= 15 is 0 Å². The second-order valence-corrected chi connectivity index (χ2v) is 7.18. The van der Waals surface area contributed by atoms with Crippen molar-refractivity contribution in [3.8, 4) is 11.5 Å². The first-order chi connectivity index (χ1) is 15.1. The molecule has 3 aromatic rings. The van der Waals surface area contributed by atoms with Gasteiger partial charge in [-0.05, 0) is 49.4 Å². The van der Waals surface area contributed by atoms with E-state index in [4.69, 9.17) is 15.0 Å². The Kier molecular flexibility index (Phi) is 7.95. The fourth-order valence-corrected chi connectivity index (χ4v) is 3.31. The molecule has 1 unspecified atom stereocenters. The number of carbonyl (C=O) groups is 1. The molecule has 0 fully saturated rings. The molecule has 7 nitrogen and oxygen atoms in total. The zero-order valence-electron chi connectivity index (χ0n) is 17.9. The molecule has 31 heavy (non-hydrogen) atoms. The first kappa shape index (κ1) is 22.2. The monoisotopic (exact) mass is 420 g/mol. The Morgan fingerprint density at radius 1 is 1.16 bits per heavy atom. The number of aromatic nitrogens is 1. The lowest BCUT2D eigenvalue weighted by Gasteiger charge is -2.22. The van der Waals surface area contributed by atoms with Crippen molar-refractivity contribution in [1.82, 2.24) is 10.1 Å². The molecule has 0 spiro atoms. The van der Waals surface area contributed by atoms with Gasteiger partial charge < -0.3 is 9.15 Å². The van der Waals surface area contributed by atoms with Crippen LogP contribution < -0.4 is 5.84 Å². The van der Waals surface area contributed by atoms with Gasteiger partial charge in [0.15, 0.2) is 6.04 Å². The van der Waals surface area contributed by atoms with E-state index in [1.54, 1.807) is 13.2 Å². The average Bonchev–Trinajstić information content (AvgIpc) is 3.27. The number of hydrogen-bond donors (Lipinski definition) is 1. The first-order valence-electron chi connectivity index (χ1n) is 10.3. The Morgan fingerprint density at radius 2 is 1.87 bits per heavy atom. The molecule has 0 radical (unpaired) electrons. The number of carbonyl (C=O) groups excluding carboxylic acids is 1. The van der Waals surface area contributed by atoms with Gasteiger partial charge in [0.25, 0.3) is 0 Å². The van der Waals surface area contributed by atoms with Crippen LogP contribution in [0.25, 0.3) is 11.5 Å². The van der Waals surface area contributed by atoms with Gasteiger partial charge in [-0.3, -0.25) is 0 Å². The molecule has 0 aliphatic carbocycles. The molecule has 1 atom stereocenters. The highest BCUT2D eigenvalue weighted by Gasteiger charge is 2.24. The highest BCUT2D eigenvalue weighted by molar-refractivity contribution is 5.76. The topological polar surface area (TPSA) is 94.0 Å². The van der Waals surface area contributed by atoms with Crippen molar-refractivity contribution in [3.63, 3.8) is 0 Å². The molecular formula is C24H28N4O3. The van der Waals surface area contributed by atoms with Gasteiger partial charge in [-0.15, -0.1) is 0 Å². The maximum atomic E-state index is 12.0. The summed E-state index contributed by atoms with van der Waals surface area (Å²) >= 11 is 0. The van der Waals surface area contributed by atoms with E-state index in [-0.39, 0.29) is 0 Å². The fourth-order valence-electron chi connectivity index (χ4n) is 3.31. The SMILES string of the molecule is C/C=N\N(N)C(Cc1ccc(CCCc2coc(-c3ccccc3)n2)cc1)C(=O)OC. The number of hydrogen-bond acceptors (Lipinski definition) is 7. The summed E-state index contributed by atoms with van der Waals surface area (Å²) in [6, 6.07) is 17.4. The van der Waals surface area contributed by atoms with E-state index in [2.05, 4.69) is 22.2 Å². The standard InChI is InChI=1S/C24H28N4O3/c1-3-26-28(25)22(24(29)30-2)16-19-14-12-18(13-15-19)8-7-11-21-17-31-23(27-21)20-9-5-4-6-10-20/h3-6,9-10,12-15,17,22H,7-8,11,16,25H2,1-2H3/b26-3-. The van der Waals surface area contributed by atoms with Gasteiger partial charge >= 0.3 is 5.97 Å². The van der Waals surface area contributed by atoms with E-state index in [9.17, 15) is 4.79 Å². The smallest absolute Gasteiger partial charge is 0.332 e. The quantitative estimate of drug-likeness (QED) is 0.232. The summed E-state index contributed by atoms with van der Waals surface area (Å²) in [5.41, 5.74) is 4.15. The zero-order valence-corrected chi connectivity index (χ0v) is 17.9. The molecule has 0 amide bonds. The second kappa shape index (κ2) is 11.1. The largest absolute Gasteiger partial charge is 0.467 e. The van der Waals surface area contributed by atoms with Crippen LogP contribution >= 0.6 is 0 Å². The highest BCUT2D eigenvalue weighted by Crippen LogP contribution is 2.19. The lowest BCUT2D eigenvalue weighted by atomic mass is 10.0. The third-order valence-electron chi connectivity index (χ3n) is 4.96. The van der Waals surface area contributed by atoms with Gasteiger partial charge in [-0.25, -0.2) is 20.7 Å². The van der Waals surface area contributed by atoms with Crippen LogP contribution in [0.1, 0.15) is 30.2 Å². The number of ether oxygens (including phenoxy) is 1. The summed E-state index contributed by atoms with van der Waals surface area (Å²) in [6.45, 7) is 1.74. The van der Waals surface area contributed by atoms with Crippen molar-refractivity contribution in [3.05, 3.63) is 77.7 Å². The number of benzene rings is 2. The minimum absolute atomic E-state index is 0.417. The Labute approximate surface area is 182 Å². The van der Waals surface area contributed by atoms with Crippen molar-refractivity contribution in [1.29, 1.82) is 0 Å². The third-order valence-corrected chi connectivity index (χ3v) is 4.96. The number of aryl methyl sites for hydroxylation is 2. The van der Waals surface area contributed by atoms with Gasteiger partial charge in [0.05, 0.1) is 12.8 Å². The van der Waals surface area contributed by atoms with Crippen LogP contribution in [0.2, 0.25) is 0 Å². The van der Waals surface area contributed by atoms with Crippen molar-refractivity contribution in [2.24, 2.45) is 10.9 Å². The van der Waals surface area contributed by atoms with Crippen LogP contribution in [0.5, 0.6) is 0 Å². The fraction of sp³-hybridized carbons (Fsp3) is 0.292. The number of hydrazone groups is 1. The van der Waals surface area contributed by atoms with Crippen LogP contribution in [-0.2, 0) is 28.8 Å². The number of hydrazine groups is 1. The molecule has 3 rings (SSSR count). The molecule has 162 valence electrons. The normalized spacial score (nSPS) is 12.1. The number of methoxy groups -OCH3 is 1. The van der Waals surface area contributed by atoms with Crippen molar-refractivity contribution in [2.45, 2.75) is 38.6 Å². The Balaban J connectivity index is 1.52. The lowest BCUT2D eigenvalue weighted by Crippen LogP contribution is -2.44. The molecule has 7 heteroatoms. The van der Waals surface area contributed by atoms with Gasteiger partial charge in [0.2, 0.25) is 5.89 Å². The van der Waals surface area contributed by atoms with Gasteiger partial charge in [-0.1, -0.05) is 42.5 Å². The molecular weight excluding hydrogens is 392 g/mol. The van der Waals surface area contributed by atoms with E-state index in [0.29, 0.717) is 12.3 Å². The molecule has 0 aliphatic rings. The Hall–Kier alpha value is -3.45. The predicted octanol–water partition coefficient (Wildman–Crippen LogP) is 3.78. The lowest BCUT2D eigenvalue weighted by molar-refractivity contribution is -0.147. The maximum absolute atomic E-state index is 12.0. The van der Waals surface area contributed by atoms with Gasteiger partial charge in [0.1, 0.15) is 6.26 Å². The van der Waals surface area contributed by atoms with Crippen LogP contribution in [0.3, 0.4) is 0 Å². The highest BCUT2D eigenvalue weighted by atomic mass is 16.5. The maximum Gasteiger partial charge on any atom is 0.332 e. The molecule has 1 aromatic heterocycles. The van der Waals surface area contributed by atoms with Crippen molar-refractivity contribution < 1.29 is 13.9 Å². The number of oxazole rings is 1. The molecule has 0 aliphatic heterocycles. The molecule has 2 aromatic carbocycles. The average molecular weight is 421 g/mol. The molecule has 0 bridgehead atoms. The summed E-state index contributed by atoms with van der Waals surface area (Å²) in [5.74, 6) is 6.10. The summed E-state index contributed by atoms with van der Waals surface area (Å²) in [4.78, 5) is 16.6. The minimum atomic E-state index is -0.668. The summed E-state index contributed by atoms with van der Waals surface area (Å²) in [6.07, 6.45) is 6.43. The number of nitrogens with zero attached hydrogens (tertiary/aromatic N) is 3. The van der Waals surface area contributed by atoms with Crippen LogP contribution in [-0.4, -0.2) is 35.4 Å². The van der Waals surface area contributed by atoms with Gasteiger partial charge in [-0.2, -0.15) is 5.10 Å². The summed E-state index contributed by atoms with van der Waals surface area (Å²) < 4.78 is 10.5. The Morgan fingerprint density at radius 3 is 2.55 bits per heavy atom. The summed E-state index contributed by atoms with van der Waals surface area (Å²) in [5, 5.41) is 5.11. The van der Waals surface area contributed by atoms with Crippen LogP contribution in [0.4, 0.5) is 0 Å². The van der Waals surface area contributed by atoms with Crippen LogP contribution in [0, 0.1) is 0 Å². The number of nitrogens with two attached hydrogens (primary N) is 1. The molecule has 0 saturated heterocycles. The predicted molar refractivity (Wildman–Crippen MR) is 120 cm³/mol. The third kappa shape index (κ3) is 6.26. The summed E-state index contributed by atoms with van der Waals surface area (Å²) in [7, 11) is 1.35. The second-order valence-electron chi connectivity index (χ2n) is 7.18. The first-order valence-corrected chi connectivity index (χ1v) is 10.3. The number of esters is 1. The molecule has 0 saturated carbocycles. The number of rotatable bonds is 10. The van der Waals surface area contributed by atoms with E-state index in [1.807, 2.05) is 42.5 Å². The van der Waals surface area contributed by atoms with Crippen molar-refractivity contribution >= 4 is 12.2 Å². The van der Waals surface area contributed by atoms with E-state index < -0.39 is 12.0 Å². The molecule has 1 heterocycles. The van der Waals surface area contributed by atoms with Crippen LogP contribution in [0.15, 0.2) is 70.4 Å². The molecule has 2 N–H and O–H groups in total. The van der Waals surface area contributed by atoms with Gasteiger partial charge in [0, 0.05) is 18.2 Å². The van der Waals surface area contributed by atoms with E-state index in [1.165, 1.54) is 18.9 Å². The van der Waals surface area contributed by atoms with E-state index in [0.717, 1.165) is 41.2 Å². The van der Waals surface area contributed by atoms with Crippen molar-refractivity contribution in [2.75, 3.05) is 7.11 Å². The zero-order chi connectivity index (χ0) is 22.1. The minimum Gasteiger partial charge on any atom is -0.467 e.